The molecule has 1 aliphatic heterocycles. The first-order valence-electron chi connectivity index (χ1n) is 12.1. The molecule has 7 heteroatoms. The fourth-order valence-corrected chi connectivity index (χ4v) is 4.47. The van der Waals surface area contributed by atoms with Crippen molar-refractivity contribution in [2.24, 2.45) is 0 Å². The van der Waals surface area contributed by atoms with Crippen molar-refractivity contribution in [3.63, 3.8) is 0 Å². The van der Waals surface area contributed by atoms with E-state index < -0.39 is 17.8 Å². The summed E-state index contributed by atoms with van der Waals surface area (Å²) in [7, 11) is 1.55. The van der Waals surface area contributed by atoms with Gasteiger partial charge in [0.15, 0.2) is 0 Å². The van der Waals surface area contributed by atoms with Gasteiger partial charge in [-0.15, -0.1) is 0 Å². The van der Waals surface area contributed by atoms with Crippen LogP contribution in [-0.4, -0.2) is 25.0 Å². The van der Waals surface area contributed by atoms with E-state index in [2.05, 4.69) is 5.32 Å². The molecule has 0 unspecified atom stereocenters. The van der Waals surface area contributed by atoms with Gasteiger partial charge in [0, 0.05) is 11.6 Å². The van der Waals surface area contributed by atoms with E-state index in [0.717, 1.165) is 32.4 Å². The number of nitrogens with zero attached hydrogens (tertiary/aromatic N) is 1. The number of methoxy groups -OCH3 is 1. The van der Waals surface area contributed by atoms with Crippen molar-refractivity contribution in [1.82, 2.24) is 5.32 Å². The molecule has 1 heterocycles. The van der Waals surface area contributed by atoms with Gasteiger partial charge in [-0.3, -0.25) is 14.9 Å². The van der Waals surface area contributed by atoms with Crippen molar-refractivity contribution in [1.29, 1.82) is 0 Å². The highest BCUT2D eigenvalue weighted by molar-refractivity contribution is 6.39. The molecule has 1 fully saturated rings. The van der Waals surface area contributed by atoms with Crippen LogP contribution in [0.15, 0.2) is 84.4 Å². The number of nitrogens with one attached hydrogen (secondary N) is 1. The van der Waals surface area contributed by atoms with Gasteiger partial charge in [-0.1, -0.05) is 54.6 Å². The molecule has 4 aromatic rings. The van der Waals surface area contributed by atoms with Crippen molar-refractivity contribution in [2.75, 3.05) is 12.0 Å². The third-order valence-corrected chi connectivity index (χ3v) is 6.70. The normalized spacial score (nSPS) is 14.7. The maximum atomic E-state index is 13.5. The van der Waals surface area contributed by atoms with Gasteiger partial charge in [0.2, 0.25) is 0 Å². The van der Waals surface area contributed by atoms with Crippen LogP contribution in [0.3, 0.4) is 0 Å². The number of carbonyl (C=O) groups is 3. The molecule has 190 valence electrons. The van der Waals surface area contributed by atoms with E-state index in [0.29, 0.717) is 22.7 Å². The molecule has 0 aliphatic carbocycles. The predicted octanol–water partition coefficient (Wildman–Crippen LogP) is 5.71. The molecule has 4 amide bonds. The minimum absolute atomic E-state index is 0.175. The summed E-state index contributed by atoms with van der Waals surface area (Å²) in [5, 5.41) is 4.46. The van der Waals surface area contributed by atoms with Crippen LogP contribution in [0.25, 0.3) is 16.8 Å². The highest BCUT2D eigenvalue weighted by Crippen LogP contribution is 2.31. The molecule has 0 radical (unpaired) electrons. The quantitative estimate of drug-likeness (QED) is 0.267. The van der Waals surface area contributed by atoms with Crippen LogP contribution in [0, 0.1) is 13.8 Å². The molecule has 0 saturated carbocycles. The SMILES string of the molecule is COc1ccc(/C=C2\C(=O)NC(=O)N(c3cccc(C)c3C)C2=O)c(OCc2cccc3ccccc23)c1. The number of aryl methyl sites for hydroxylation is 1. The maximum absolute atomic E-state index is 13.5. The zero-order chi connectivity index (χ0) is 26.8. The van der Waals surface area contributed by atoms with Gasteiger partial charge in [-0.25, -0.2) is 9.69 Å². The first-order valence-corrected chi connectivity index (χ1v) is 12.1. The number of rotatable bonds is 6. The lowest BCUT2D eigenvalue weighted by atomic mass is 10.0. The molecule has 1 N–H and O–H groups in total. The van der Waals surface area contributed by atoms with Crippen molar-refractivity contribution >= 4 is 40.4 Å². The smallest absolute Gasteiger partial charge is 0.335 e. The number of amides is 4. The van der Waals surface area contributed by atoms with Gasteiger partial charge in [-0.05, 0) is 65.6 Å². The summed E-state index contributed by atoms with van der Waals surface area (Å²) in [6.07, 6.45) is 1.44. The van der Waals surface area contributed by atoms with E-state index >= 15 is 0 Å². The molecule has 0 atom stereocenters. The summed E-state index contributed by atoms with van der Waals surface area (Å²) < 4.78 is 11.6. The fourth-order valence-electron chi connectivity index (χ4n) is 4.47. The molecule has 0 spiro atoms. The van der Waals surface area contributed by atoms with E-state index in [9.17, 15) is 14.4 Å². The molecule has 0 bridgehead atoms. The lowest BCUT2D eigenvalue weighted by Gasteiger charge is -2.28. The third-order valence-electron chi connectivity index (χ3n) is 6.70. The van der Waals surface area contributed by atoms with Crippen LogP contribution < -0.4 is 19.7 Å². The first kappa shape index (κ1) is 24.8. The number of benzene rings is 4. The zero-order valence-electron chi connectivity index (χ0n) is 21.3. The number of anilines is 1. The van der Waals surface area contributed by atoms with Crippen molar-refractivity contribution < 1.29 is 23.9 Å². The summed E-state index contributed by atoms with van der Waals surface area (Å²) in [5.74, 6) is -0.479. The standard InChI is InChI=1S/C31H26N2O5/c1-19-8-6-13-27(20(19)2)33-30(35)26(29(34)32-31(33)36)16-22-14-15-24(37-3)17-28(22)38-18-23-11-7-10-21-9-4-5-12-25(21)23/h4-17H,18H2,1-3H3,(H,32,34,36)/b26-16+. The van der Waals surface area contributed by atoms with Crippen molar-refractivity contribution in [2.45, 2.75) is 20.5 Å². The molecule has 38 heavy (non-hydrogen) atoms. The number of urea groups is 1. The predicted molar refractivity (Wildman–Crippen MR) is 146 cm³/mol. The summed E-state index contributed by atoms with van der Waals surface area (Å²) in [4.78, 5) is 40.0. The molecule has 7 nitrogen and oxygen atoms in total. The number of ether oxygens (including phenoxy) is 2. The largest absolute Gasteiger partial charge is 0.497 e. The number of hydrogen-bond acceptors (Lipinski definition) is 5. The Labute approximate surface area is 220 Å². The number of fused-ring (bicyclic) bond motifs is 1. The van der Waals surface area contributed by atoms with Crippen LogP contribution in [-0.2, 0) is 16.2 Å². The summed E-state index contributed by atoms with van der Waals surface area (Å²) in [5.41, 5.74) is 3.43. The van der Waals surface area contributed by atoms with Crippen LogP contribution in [0.2, 0.25) is 0 Å². The van der Waals surface area contributed by atoms with Gasteiger partial charge in [-0.2, -0.15) is 0 Å². The monoisotopic (exact) mass is 506 g/mol. The fraction of sp³-hybridized carbons (Fsp3) is 0.129. The lowest BCUT2D eigenvalue weighted by molar-refractivity contribution is -0.122. The van der Waals surface area contributed by atoms with E-state index in [1.165, 1.54) is 6.08 Å². The zero-order valence-corrected chi connectivity index (χ0v) is 21.3. The van der Waals surface area contributed by atoms with Gasteiger partial charge >= 0.3 is 6.03 Å². The minimum Gasteiger partial charge on any atom is -0.497 e. The van der Waals surface area contributed by atoms with E-state index in [1.807, 2.05) is 62.4 Å². The minimum atomic E-state index is -0.784. The highest BCUT2D eigenvalue weighted by atomic mass is 16.5. The Hall–Kier alpha value is -4.91. The van der Waals surface area contributed by atoms with Crippen molar-refractivity contribution in [3.05, 3.63) is 107 Å². The van der Waals surface area contributed by atoms with E-state index in [4.69, 9.17) is 9.47 Å². The van der Waals surface area contributed by atoms with Crippen LogP contribution >= 0.6 is 0 Å². The maximum Gasteiger partial charge on any atom is 0.335 e. The van der Waals surface area contributed by atoms with Gasteiger partial charge < -0.3 is 9.47 Å². The molecule has 5 rings (SSSR count). The average Bonchev–Trinajstić information content (AvgIpc) is 2.92. The Kier molecular flexibility index (Phi) is 6.66. The molecular weight excluding hydrogens is 480 g/mol. The summed E-state index contributed by atoms with van der Waals surface area (Å²) in [6.45, 7) is 3.98. The van der Waals surface area contributed by atoms with Crippen LogP contribution in [0.5, 0.6) is 11.5 Å². The summed E-state index contributed by atoms with van der Waals surface area (Å²) >= 11 is 0. The Morgan fingerprint density at radius 1 is 0.895 bits per heavy atom. The lowest BCUT2D eigenvalue weighted by Crippen LogP contribution is -2.54. The number of hydrogen-bond donors (Lipinski definition) is 1. The second-order valence-corrected chi connectivity index (χ2v) is 9.01. The average molecular weight is 507 g/mol. The van der Waals surface area contributed by atoms with Crippen LogP contribution in [0.4, 0.5) is 10.5 Å². The van der Waals surface area contributed by atoms with E-state index in [1.54, 1.807) is 37.4 Å². The highest BCUT2D eigenvalue weighted by Gasteiger charge is 2.37. The van der Waals surface area contributed by atoms with E-state index in [-0.39, 0.29) is 12.2 Å². The second kappa shape index (κ2) is 10.2. The Bertz CT molecular complexity index is 1620. The summed E-state index contributed by atoms with van der Waals surface area (Å²) in [6, 6.07) is 23.7. The van der Waals surface area contributed by atoms with Gasteiger partial charge in [0.25, 0.3) is 11.8 Å². The number of carbonyl (C=O) groups excluding carboxylic acids is 3. The molecule has 1 aliphatic rings. The third kappa shape index (κ3) is 4.62. The van der Waals surface area contributed by atoms with Crippen molar-refractivity contribution in [3.8, 4) is 11.5 Å². The topological polar surface area (TPSA) is 84.9 Å². The van der Waals surface area contributed by atoms with Gasteiger partial charge in [0.1, 0.15) is 23.7 Å². The Morgan fingerprint density at radius 2 is 1.66 bits per heavy atom. The number of imide groups is 2. The Balaban J connectivity index is 1.51. The molecule has 0 aromatic heterocycles. The molecule has 4 aromatic carbocycles. The second-order valence-electron chi connectivity index (χ2n) is 9.01. The molecule has 1 saturated heterocycles. The van der Waals surface area contributed by atoms with Gasteiger partial charge in [0.05, 0.1) is 12.8 Å². The number of barbiturate groups is 1. The molecular formula is C31H26N2O5. The Morgan fingerprint density at radius 3 is 2.47 bits per heavy atom. The van der Waals surface area contributed by atoms with Crippen LogP contribution in [0.1, 0.15) is 22.3 Å². The first-order chi connectivity index (χ1) is 18.4.